The lowest BCUT2D eigenvalue weighted by Crippen LogP contribution is -2.53. The molecule has 0 unspecified atom stereocenters. The molecule has 0 bridgehead atoms. The predicted octanol–water partition coefficient (Wildman–Crippen LogP) is 5.38. The van der Waals surface area contributed by atoms with E-state index < -0.39 is 6.04 Å². The third kappa shape index (κ3) is 7.41. The van der Waals surface area contributed by atoms with Crippen LogP contribution in [0.15, 0.2) is 72.8 Å². The van der Waals surface area contributed by atoms with Crippen LogP contribution in [0, 0.1) is 19.7 Å². The Morgan fingerprint density at radius 2 is 1.64 bits per heavy atom. The number of ether oxygens (including phenoxy) is 1. The average Bonchev–Trinajstić information content (AvgIpc) is 2.88. The molecule has 0 radical (unpaired) electrons. The monoisotopic (exact) mass is 490 g/mol. The Hall–Kier alpha value is -3.67. The normalized spacial score (nSPS) is 12.5. The fraction of sp³-hybridized carbons (Fsp3) is 0.333. The van der Waals surface area contributed by atoms with E-state index in [1.54, 1.807) is 17.0 Å². The van der Waals surface area contributed by atoms with Crippen LogP contribution in [-0.2, 0) is 22.6 Å². The predicted molar refractivity (Wildman–Crippen MR) is 140 cm³/mol. The highest BCUT2D eigenvalue weighted by molar-refractivity contribution is 5.88. The van der Waals surface area contributed by atoms with Crippen molar-refractivity contribution in [3.63, 3.8) is 0 Å². The van der Waals surface area contributed by atoms with Crippen LogP contribution in [0.4, 0.5) is 4.39 Å². The van der Waals surface area contributed by atoms with Crippen molar-refractivity contribution in [2.45, 2.75) is 59.2 Å². The number of amides is 2. The van der Waals surface area contributed by atoms with Crippen molar-refractivity contribution in [1.29, 1.82) is 0 Å². The van der Waals surface area contributed by atoms with Crippen molar-refractivity contribution in [2.24, 2.45) is 0 Å². The summed E-state index contributed by atoms with van der Waals surface area (Å²) in [6.45, 7) is 7.81. The van der Waals surface area contributed by atoms with Crippen LogP contribution in [0.1, 0.15) is 42.5 Å². The Kier molecular flexibility index (Phi) is 9.62. The van der Waals surface area contributed by atoms with Crippen LogP contribution in [0.3, 0.4) is 0 Å². The molecule has 2 amide bonds. The SMILES string of the molecule is CC[C@@H](C)NC(=O)[C@H](Cc1ccccc1)N(Cc1ccc(F)cc1)C(=O)COc1cccc(C)c1C. The van der Waals surface area contributed by atoms with Crippen LogP contribution < -0.4 is 10.1 Å². The van der Waals surface area contributed by atoms with Gasteiger partial charge in [0.05, 0.1) is 0 Å². The summed E-state index contributed by atoms with van der Waals surface area (Å²) < 4.78 is 19.5. The first-order valence-corrected chi connectivity index (χ1v) is 12.4. The standard InChI is InChI=1S/C30H35FN2O3/c1-5-22(3)32-30(35)27(18-24-11-7-6-8-12-24)33(19-25-14-16-26(31)17-15-25)29(34)20-36-28-13-9-10-21(2)23(28)4/h6-17,22,27H,5,18-20H2,1-4H3,(H,32,35)/t22-,27+/m1/s1. The Morgan fingerprint density at radius 3 is 2.31 bits per heavy atom. The maximum atomic E-state index is 13.6. The number of hydrogen-bond donors (Lipinski definition) is 1. The molecular weight excluding hydrogens is 455 g/mol. The van der Waals surface area contributed by atoms with Gasteiger partial charge in [0.1, 0.15) is 17.6 Å². The number of nitrogens with zero attached hydrogens (tertiary/aromatic N) is 1. The Labute approximate surface area is 213 Å². The Balaban J connectivity index is 1.92. The van der Waals surface area contributed by atoms with Gasteiger partial charge in [0.15, 0.2) is 6.61 Å². The minimum atomic E-state index is -0.763. The van der Waals surface area contributed by atoms with Gasteiger partial charge < -0.3 is 15.0 Å². The van der Waals surface area contributed by atoms with Crippen LogP contribution in [0.5, 0.6) is 5.75 Å². The van der Waals surface area contributed by atoms with Gasteiger partial charge in [0, 0.05) is 19.0 Å². The molecular formula is C30H35FN2O3. The average molecular weight is 491 g/mol. The number of hydrogen-bond acceptors (Lipinski definition) is 3. The second-order valence-corrected chi connectivity index (χ2v) is 9.16. The first kappa shape index (κ1) is 26.9. The van der Waals surface area contributed by atoms with E-state index in [2.05, 4.69) is 5.32 Å². The summed E-state index contributed by atoms with van der Waals surface area (Å²) in [6.07, 6.45) is 1.12. The van der Waals surface area contributed by atoms with Crippen LogP contribution in [0.2, 0.25) is 0 Å². The summed E-state index contributed by atoms with van der Waals surface area (Å²) in [4.78, 5) is 28.6. The zero-order valence-corrected chi connectivity index (χ0v) is 21.5. The zero-order valence-electron chi connectivity index (χ0n) is 21.5. The molecule has 0 aliphatic heterocycles. The molecule has 0 fully saturated rings. The van der Waals surface area contributed by atoms with Gasteiger partial charge in [-0.2, -0.15) is 0 Å². The van der Waals surface area contributed by atoms with Crippen molar-refractivity contribution in [1.82, 2.24) is 10.2 Å². The first-order valence-electron chi connectivity index (χ1n) is 12.4. The lowest BCUT2D eigenvalue weighted by Gasteiger charge is -2.32. The van der Waals surface area contributed by atoms with Gasteiger partial charge in [-0.25, -0.2) is 4.39 Å². The maximum Gasteiger partial charge on any atom is 0.261 e. The molecule has 36 heavy (non-hydrogen) atoms. The van der Waals surface area contributed by atoms with E-state index in [0.29, 0.717) is 12.2 Å². The van der Waals surface area contributed by atoms with Crippen molar-refractivity contribution in [3.05, 3.63) is 101 Å². The molecule has 1 N–H and O–H groups in total. The fourth-order valence-corrected chi connectivity index (χ4v) is 3.88. The second-order valence-electron chi connectivity index (χ2n) is 9.16. The highest BCUT2D eigenvalue weighted by atomic mass is 19.1. The molecule has 0 saturated heterocycles. The van der Waals surface area contributed by atoms with E-state index in [1.165, 1.54) is 12.1 Å². The lowest BCUT2D eigenvalue weighted by molar-refractivity contribution is -0.143. The molecule has 6 heteroatoms. The van der Waals surface area contributed by atoms with Crippen LogP contribution in [-0.4, -0.2) is 35.4 Å². The number of aryl methyl sites for hydroxylation is 1. The summed E-state index contributed by atoms with van der Waals surface area (Å²) in [5.74, 6) is -0.269. The molecule has 0 aromatic heterocycles. The molecule has 0 aliphatic rings. The van der Waals surface area contributed by atoms with E-state index in [0.717, 1.165) is 28.7 Å². The van der Waals surface area contributed by atoms with Crippen molar-refractivity contribution in [3.8, 4) is 5.75 Å². The molecule has 3 aromatic rings. The molecule has 3 rings (SSSR count). The molecule has 0 heterocycles. The smallest absolute Gasteiger partial charge is 0.261 e. The van der Waals surface area contributed by atoms with Crippen molar-refractivity contribution < 1.29 is 18.7 Å². The topological polar surface area (TPSA) is 58.6 Å². The highest BCUT2D eigenvalue weighted by Crippen LogP contribution is 2.21. The summed E-state index contributed by atoms with van der Waals surface area (Å²) in [6, 6.07) is 20.5. The van der Waals surface area contributed by atoms with Crippen molar-refractivity contribution >= 4 is 11.8 Å². The summed E-state index contributed by atoms with van der Waals surface area (Å²) >= 11 is 0. The zero-order chi connectivity index (χ0) is 26.1. The minimum absolute atomic E-state index is 0.0373. The van der Waals surface area contributed by atoms with Gasteiger partial charge in [-0.1, -0.05) is 61.5 Å². The lowest BCUT2D eigenvalue weighted by atomic mass is 10.0. The van der Waals surface area contributed by atoms with Gasteiger partial charge in [-0.15, -0.1) is 0 Å². The molecule has 3 aromatic carbocycles. The summed E-state index contributed by atoms with van der Waals surface area (Å²) in [7, 11) is 0. The molecule has 0 spiro atoms. The maximum absolute atomic E-state index is 13.6. The van der Waals surface area contributed by atoms with Crippen LogP contribution in [0.25, 0.3) is 0 Å². The summed E-state index contributed by atoms with van der Waals surface area (Å²) in [5.41, 5.74) is 3.70. The number of carbonyl (C=O) groups is 2. The quantitative estimate of drug-likeness (QED) is 0.393. The summed E-state index contributed by atoms with van der Waals surface area (Å²) in [5, 5.41) is 3.04. The number of benzene rings is 3. The second kappa shape index (κ2) is 12.9. The number of halogens is 1. The number of nitrogens with one attached hydrogen (secondary N) is 1. The molecule has 0 saturated carbocycles. The van der Waals surface area contributed by atoms with Gasteiger partial charge in [0.25, 0.3) is 5.91 Å². The molecule has 5 nitrogen and oxygen atoms in total. The number of rotatable bonds is 11. The van der Waals surface area contributed by atoms with Crippen molar-refractivity contribution in [2.75, 3.05) is 6.61 Å². The third-order valence-corrected chi connectivity index (χ3v) is 6.44. The first-order chi connectivity index (χ1) is 17.3. The number of carbonyl (C=O) groups excluding carboxylic acids is 2. The Morgan fingerprint density at radius 1 is 0.944 bits per heavy atom. The molecule has 190 valence electrons. The van der Waals surface area contributed by atoms with E-state index in [1.807, 2.05) is 76.2 Å². The van der Waals surface area contributed by atoms with E-state index >= 15 is 0 Å². The largest absolute Gasteiger partial charge is 0.483 e. The van der Waals surface area contributed by atoms with Gasteiger partial charge in [-0.05, 0) is 67.6 Å². The third-order valence-electron chi connectivity index (χ3n) is 6.44. The van der Waals surface area contributed by atoms with E-state index in [4.69, 9.17) is 4.74 Å². The van der Waals surface area contributed by atoms with Gasteiger partial charge >= 0.3 is 0 Å². The molecule has 2 atom stereocenters. The Bertz CT molecular complexity index is 1150. The molecule has 0 aliphatic carbocycles. The van der Waals surface area contributed by atoms with Crippen LogP contribution >= 0.6 is 0 Å². The van der Waals surface area contributed by atoms with Gasteiger partial charge in [0.2, 0.25) is 5.91 Å². The van der Waals surface area contributed by atoms with E-state index in [9.17, 15) is 14.0 Å². The van der Waals surface area contributed by atoms with E-state index in [-0.39, 0.29) is 36.8 Å². The highest BCUT2D eigenvalue weighted by Gasteiger charge is 2.31. The minimum Gasteiger partial charge on any atom is -0.483 e. The van der Waals surface area contributed by atoms with Gasteiger partial charge in [-0.3, -0.25) is 9.59 Å². The fourth-order valence-electron chi connectivity index (χ4n) is 3.88.